The molecule has 1 rings (SSSR count). The number of nitrogens with zero attached hydrogens (tertiary/aromatic N) is 1. The van der Waals surface area contributed by atoms with E-state index in [1.165, 1.54) is 44.0 Å². The van der Waals surface area contributed by atoms with Crippen molar-refractivity contribution in [1.82, 2.24) is 10.2 Å². The lowest BCUT2D eigenvalue weighted by Gasteiger charge is -2.22. The van der Waals surface area contributed by atoms with Gasteiger partial charge in [-0.05, 0) is 51.7 Å². The van der Waals surface area contributed by atoms with Crippen LogP contribution in [-0.4, -0.2) is 50.1 Å². The minimum absolute atomic E-state index is 0.980. The number of hydrogen-bond donors (Lipinski definition) is 1. The zero-order valence-electron chi connectivity index (χ0n) is 10.9. The molecule has 1 fully saturated rings. The van der Waals surface area contributed by atoms with Crippen molar-refractivity contribution in [1.29, 1.82) is 0 Å². The third kappa shape index (κ3) is 9.21. The van der Waals surface area contributed by atoms with Gasteiger partial charge in [-0.2, -0.15) is 11.8 Å². The summed E-state index contributed by atoms with van der Waals surface area (Å²) in [5.41, 5.74) is 0. The molecule has 0 atom stereocenters. The Bertz CT molecular complexity index is 123. The van der Waals surface area contributed by atoms with Crippen molar-refractivity contribution < 1.29 is 0 Å². The smallest absolute Gasteiger partial charge is 0.00662 e. The minimum Gasteiger partial charge on any atom is -0.317 e. The molecule has 0 aromatic heterocycles. The predicted octanol–water partition coefficient (Wildman–Crippen LogP) is 2.31. The molecule has 0 aromatic carbocycles. The molecule has 1 aliphatic heterocycles. The maximum Gasteiger partial charge on any atom is 0.00662 e. The fourth-order valence-electron chi connectivity index (χ4n) is 1.55. The van der Waals surface area contributed by atoms with Crippen molar-refractivity contribution in [3.8, 4) is 0 Å². The first-order valence-corrected chi connectivity index (χ1v) is 7.37. The van der Waals surface area contributed by atoms with E-state index in [9.17, 15) is 0 Å². The first-order chi connectivity index (χ1) is 7.29. The lowest BCUT2D eigenvalue weighted by molar-refractivity contribution is 0.407. The van der Waals surface area contributed by atoms with E-state index in [-0.39, 0.29) is 0 Å². The van der Waals surface area contributed by atoms with Crippen LogP contribution in [0.5, 0.6) is 0 Å². The second-order valence-electron chi connectivity index (χ2n) is 4.07. The molecule has 1 heterocycles. The highest BCUT2D eigenvalue weighted by Crippen LogP contribution is 2.17. The lowest BCUT2D eigenvalue weighted by Crippen LogP contribution is -2.29. The standard InChI is InChI=1S/C10H22N2S.C2H6/c1-12(2)7-8-13-9-10-3-5-11-6-4-10;1-2/h10-11H,3-9H2,1-2H3;1-2H3. The van der Waals surface area contributed by atoms with E-state index >= 15 is 0 Å². The number of nitrogens with one attached hydrogen (secondary N) is 1. The summed E-state index contributed by atoms with van der Waals surface area (Å²) in [6.07, 6.45) is 2.77. The quantitative estimate of drug-likeness (QED) is 0.732. The Kier molecular flexibility index (Phi) is 11.0. The highest BCUT2D eigenvalue weighted by Gasteiger charge is 2.12. The highest BCUT2D eigenvalue weighted by molar-refractivity contribution is 7.99. The van der Waals surface area contributed by atoms with Crippen molar-refractivity contribution >= 4 is 11.8 Å². The van der Waals surface area contributed by atoms with Crippen molar-refractivity contribution in [2.75, 3.05) is 45.2 Å². The van der Waals surface area contributed by atoms with Crippen molar-refractivity contribution in [2.24, 2.45) is 5.92 Å². The first-order valence-electron chi connectivity index (χ1n) is 6.22. The maximum atomic E-state index is 3.41. The van der Waals surface area contributed by atoms with Gasteiger partial charge in [-0.1, -0.05) is 13.8 Å². The van der Waals surface area contributed by atoms with Gasteiger partial charge in [0.25, 0.3) is 0 Å². The molecular formula is C12H28N2S. The summed E-state index contributed by atoms with van der Waals surface area (Å²) in [6, 6.07) is 0. The van der Waals surface area contributed by atoms with Crippen LogP contribution in [0.2, 0.25) is 0 Å². The summed E-state index contributed by atoms with van der Waals surface area (Å²) in [5, 5.41) is 3.41. The molecule has 0 unspecified atom stereocenters. The molecule has 0 aliphatic carbocycles. The number of hydrogen-bond acceptors (Lipinski definition) is 3. The zero-order valence-corrected chi connectivity index (χ0v) is 11.7. The molecule has 0 spiro atoms. The second-order valence-corrected chi connectivity index (χ2v) is 5.22. The molecule has 3 heteroatoms. The predicted molar refractivity (Wildman–Crippen MR) is 72.8 cm³/mol. The van der Waals surface area contributed by atoms with Crippen LogP contribution in [0.15, 0.2) is 0 Å². The molecule has 0 bridgehead atoms. The van der Waals surface area contributed by atoms with Crippen LogP contribution < -0.4 is 5.32 Å². The maximum absolute atomic E-state index is 3.41. The Morgan fingerprint density at radius 2 is 1.80 bits per heavy atom. The van der Waals surface area contributed by atoms with Gasteiger partial charge in [0.2, 0.25) is 0 Å². The third-order valence-corrected chi connectivity index (χ3v) is 3.67. The third-order valence-electron chi connectivity index (χ3n) is 2.50. The first kappa shape index (κ1) is 15.3. The van der Waals surface area contributed by atoms with Gasteiger partial charge in [0.1, 0.15) is 0 Å². The van der Waals surface area contributed by atoms with E-state index in [4.69, 9.17) is 0 Å². The van der Waals surface area contributed by atoms with Crippen LogP contribution in [0.4, 0.5) is 0 Å². The molecule has 0 amide bonds. The molecule has 2 nitrogen and oxygen atoms in total. The Balaban J connectivity index is 0.000000921. The molecule has 0 radical (unpaired) electrons. The zero-order chi connectivity index (χ0) is 11.5. The van der Waals surface area contributed by atoms with Gasteiger partial charge in [-0.3, -0.25) is 0 Å². The van der Waals surface area contributed by atoms with Crippen LogP contribution in [-0.2, 0) is 0 Å². The summed E-state index contributed by atoms with van der Waals surface area (Å²) in [4.78, 5) is 2.26. The van der Waals surface area contributed by atoms with Crippen LogP contribution in [0.1, 0.15) is 26.7 Å². The summed E-state index contributed by atoms with van der Waals surface area (Å²) >= 11 is 2.12. The van der Waals surface area contributed by atoms with Gasteiger partial charge in [-0.25, -0.2) is 0 Å². The SMILES string of the molecule is CC.CN(C)CCSCC1CCNCC1. The molecule has 15 heavy (non-hydrogen) atoms. The monoisotopic (exact) mass is 232 g/mol. The Morgan fingerprint density at radius 3 is 2.33 bits per heavy atom. The van der Waals surface area contributed by atoms with Crippen molar-refractivity contribution in [3.63, 3.8) is 0 Å². The molecule has 1 saturated heterocycles. The molecule has 92 valence electrons. The summed E-state index contributed by atoms with van der Waals surface area (Å²) in [6.45, 7) is 7.69. The van der Waals surface area contributed by atoms with Crippen LogP contribution in [0.3, 0.4) is 0 Å². The molecule has 0 saturated carbocycles. The molecule has 0 aromatic rings. The van der Waals surface area contributed by atoms with E-state index < -0.39 is 0 Å². The second kappa shape index (κ2) is 10.8. The topological polar surface area (TPSA) is 15.3 Å². The molecule has 1 aliphatic rings. The fourth-order valence-corrected chi connectivity index (χ4v) is 2.87. The van der Waals surface area contributed by atoms with Crippen molar-refractivity contribution in [2.45, 2.75) is 26.7 Å². The molecular weight excluding hydrogens is 204 g/mol. The normalized spacial score (nSPS) is 17.4. The van der Waals surface area contributed by atoms with E-state index in [1.54, 1.807) is 0 Å². The lowest BCUT2D eigenvalue weighted by atomic mass is 10.0. The van der Waals surface area contributed by atoms with Gasteiger partial charge in [0.15, 0.2) is 0 Å². The summed E-state index contributed by atoms with van der Waals surface area (Å²) in [7, 11) is 4.29. The fraction of sp³-hybridized carbons (Fsp3) is 1.00. The Labute approximate surface area is 100 Å². The van der Waals surface area contributed by atoms with Gasteiger partial charge >= 0.3 is 0 Å². The highest BCUT2D eigenvalue weighted by atomic mass is 32.2. The van der Waals surface area contributed by atoms with E-state index in [2.05, 4.69) is 36.1 Å². The summed E-state index contributed by atoms with van der Waals surface area (Å²) in [5.74, 6) is 3.64. The van der Waals surface area contributed by atoms with E-state index in [0.717, 1.165) is 5.92 Å². The average Bonchev–Trinajstić information content (AvgIpc) is 2.28. The molecule has 1 N–H and O–H groups in total. The van der Waals surface area contributed by atoms with Gasteiger partial charge in [-0.15, -0.1) is 0 Å². The van der Waals surface area contributed by atoms with Gasteiger partial charge in [0.05, 0.1) is 0 Å². The number of thioether (sulfide) groups is 1. The number of piperidine rings is 1. The number of rotatable bonds is 5. The van der Waals surface area contributed by atoms with Gasteiger partial charge in [0, 0.05) is 12.3 Å². The van der Waals surface area contributed by atoms with Crippen LogP contribution in [0.25, 0.3) is 0 Å². The van der Waals surface area contributed by atoms with Gasteiger partial charge < -0.3 is 10.2 Å². The Hall–Kier alpha value is 0.270. The van der Waals surface area contributed by atoms with E-state index in [0.29, 0.717) is 0 Å². The van der Waals surface area contributed by atoms with Crippen LogP contribution >= 0.6 is 11.8 Å². The van der Waals surface area contributed by atoms with Crippen LogP contribution in [0, 0.1) is 5.92 Å². The Morgan fingerprint density at radius 1 is 1.20 bits per heavy atom. The average molecular weight is 232 g/mol. The minimum atomic E-state index is 0.980. The summed E-state index contributed by atoms with van der Waals surface area (Å²) < 4.78 is 0. The largest absolute Gasteiger partial charge is 0.317 e. The van der Waals surface area contributed by atoms with E-state index in [1.807, 2.05) is 13.8 Å². The van der Waals surface area contributed by atoms with Crippen molar-refractivity contribution in [3.05, 3.63) is 0 Å².